The molecular formula is C21H19N2O7P. The van der Waals surface area contributed by atoms with Crippen molar-refractivity contribution in [1.29, 1.82) is 0 Å². The first-order valence-corrected chi connectivity index (χ1v) is 10.6. The van der Waals surface area contributed by atoms with Crippen molar-refractivity contribution in [3.63, 3.8) is 0 Å². The monoisotopic (exact) mass is 442 g/mol. The Balaban J connectivity index is 1.80. The molecule has 0 spiro atoms. The maximum atomic E-state index is 13.3. The van der Waals surface area contributed by atoms with E-state index in [9.17, 15) is 24.4 Å². The van der Waals surface area contributed by atoms with E-state index in [1.807, 2.05) is 0 Å². The van der Waals surface area contributed by atoms with Gasteiger partial charge in [-0.1, -0.05) is 48.5 Å². The van der Waals surface area contributed by atoms with E-state index in [2.05, 4.69) is 10.4 Å². The third-order valence-electron chi connectivity index (χ3n) is 3.92. The van der Waals surface area contributed by atoms with E-state index in [1.165, 1.54) is 48.5 Å². The van der Waals surface area contributed by atoms with Crippen LogP contribution in [0.5, 0.6) is 17.2 Å². The van der Waals surface area contributed by atoms with Crippen LogP contribution in [0.3, 0.4) is 0 Å². The van der Waals surface area contributed by atoms with Crippen LogP contribution in [-0.4, -0.2) is 22.2 Å². The number of para-hydroxylation sites is 2. The van der Waals surface area contributed by atoms with Gasteiger partial charge in [-0.15, -0.1) is 0 Å². The molecule has 31 heavy (non-hydrogen) atoms. The smallest absolute Gasteiger partial charge is 0.508 e. The highest BCUT2D eigenvalue weighted by molar-refractivity contribution is 7.53. The molecule has 0 aromatic heterocycles. The molecule has 0 fully saturated rings. The molecule has 0 bridgehead atoms. The summed E-state index contributed by atoms with van der Waals surface area (Å²) in [4.78, 5) is 24.2. The Kier molecular flexibility index (Phi) is 6.79. The number of nitrogens with one attached hydrogen (secondary N) is 2. The Morgan fingerprint density at radius 1 is 0.806 bits per heavy atom. The van der Waals surface area contributed by atoms with Crippen LogP contribution in [0.25, 0.3) is 0 Å². The summed E-state index contributed by atoms with van der Waals surface area (Å²) in [6.07, 6.45) is 0. The molecule has 0 saturated heterocycles. The molecule has 0 aliphatic carbocycles. The second-order valence-electron chi connectivity index (χ2n) is 6.25. The minimum atomic E-state index is -4.30. The van der Waals surface area contributed by atoms with Crippen molar-refractivity contribution in [1.82, 2.24) is 10.4 Å². The lowest BCUT2D eigenvalue weighted by Crippen LogP contribution is -2.40. The van der Waals surface area contributed by atoms with Crippen LogP contribution >= 0.6 is 7.75 Å². The molecule has 9 nitrogen and oxygen atoms in total. The predicted octanol–water partition coefficient (Wildman–Crippen LogP) is 4.08. The van der Waals surface area contributed by atoms with Crippen molar-refractivity contribution in [2.45, 2.75) is 6.04 Å². The number of urea groups is 1. The average molecular weight is 442 g/mol. The summed E-state index contributed by atoms with van der Waals surface area (Å²) in [6, 6.07) is 18.8. The molecule has 160 valence electrons. The summed E-state index contributed by atoms with van der Waals surface area (Å²) in [5.41, 5.74) is 0.197. The van der Waals surface area contributed by atoms with E-state index in [-0.39, 0.29) is 22.8 Å². The summed E-state index contributed by atoms with van der Waals surface area (Å²) in [7, 11) is -4.30. The van der Waals surface area contributed by atoms with Crippen molar-refractivity contribution < 1.29 is 33.4 Å². The molecule has 3 aromatic rings. The van der Waals surface area contributed by atoms with Gasteiger partial charge in [-0.05, 0) is 42.0 Å². The van der Waals surface area contributed by atoms with Gasteiger partial charge < -0.3 is 24.6 Å². The van der Waals surface area contributed by atoms with Gasteiger partial charge in [0.15, 0.2) is 6.04 Å². The highest BCUT2D eigenvalue weighted by atomic mass is 31.2. The fourth-order valence-corrected chi connectivity index (χ4v) is 3.79. The predicted molar refractivity (Wildman–Crippen MR) is 112 cm³/mol. The largest absolute Gasteiger partial charge is 0.545 e. The number of hydrogen-bond acceptors (Lipinski definition) is 6. The number of amides is 2. The number of carbonyl (C=O) groups is 2. The van der Waals surface area contributed by atoms with Gasteiger partial charge in [0, 0.05) is 0 Å². The summed E-state index contributed by atoms with van der Waals surface area (Å²) >= 11 is 0. The van der Waals surface area contributed by atoms with Crippen molar-refractivity contribution in [3.8, 4) is 17.2 Å². The van der Waals surface area contributed by atoms with E-state index < -0.39 is 25.8 Å². The van der Waals surface area contributed by atoms with Crippen LogP contribution in [0.1, 0.15) is 11.6 Å². The van der Waals surface area contributed by atoms with E-state index in [0.29, 0.717) is 0 Å². The molecule has 4 N–H and O–H groups in total. The Morgan fingerprint density at radius 2 is 1.29 bits per heavy atom. The molecule has 3 rings (SSSR count). The molecular weight excluding hydrogens is 423 g/mol. The summed E-state index contributed by atoms with van der Waals surface area (Å²) < 4.78 is 24.1. The lowest BCUT2D eigenvalue weighted by Gasteiger charge is -2.22. The molecule has 0 aliphatic heterocycles. The molecule has 0 radical (unpaired) electrons. The first-order chi connectivity index (χ1) is 14.8. The molecule has 2 amide bonds. The van der Waals surface area contributed by atoms with Crippen molar-refractivity contribution in [2.24, 2.45) is 0 Å². The van der Waals surface area contributed by atoms with Crippen LogP contribution in [0.2, 0.25) is 0 Å². The van der Waals surface area contributed by atoms with Gasteiger partial charge in [-0.2, -0.15) is 0 Å². The minimum Gasteiger partial charge on any atom is -0.508 e. The van der Waals surface area contributed by atoms with Crippen molar-refractivity contribution >= 4 is 19.7 Å². The number of rotatable bonds is 8. The highest BCUT2D eigenvalue weighted by Gasteiger charge is 2.33. The van der Waals surface area contributed by atoms with E-state index in [1.54, 1.807) is 36.4 Å². The average Bonchev–Trinajstić information content (AvgIpc) is 2.73. The van der Waals surface area contributed by atoms with Gasteiger partial charge in [0.2, 0.25) is 0 Å². The summed E-state index contributed by atoms with van der Waals surface area (Å²) in [5, 5.41) is 23.2. The topological polar surface area (TPSA) is 134 Å². The van der Waals surface area contributed by atoms with Gasteiger partial charge in [0.1, 0.15) is 17.2 Å². The lowest BCUT2D eigenvalue weighted by molar-refractivity contribution is -0.139. The summed E-state index contributed by atoms with van der Waals surface area (Å²) in [5.74, 6) is -1.07. The first kappa shape index (κ1) is 21.7. The number of hydrogen-bond donors (Lipinski definition) is 4. The summed E-state index contributed by atoms with van der Waals surface area (Å²) in [6.45, 7) is 0. The van der Waals surface area contributed by atoms with Crippen LogP contribution in [0.4, 0.5) is 4.79 Å². The number of aliphatic carboxylic acids is 1. The van der Waals surface area contributed by atoms with E-state index >= 15 is 0 Å². The number of aromatic hydroxyl groups is 1. The second-order valence-corrected chi connectivity index (χ2v) is 7.84. The number of carbonyl (C=O) groups excluding carboxylic acids is 1. The molecule has 0 saturated carbocycles. The van der Waals surface area contributed by atoms with Gasteiger partial charge >= 0.3 is 19.7 Å². The highest BCUT2D eigenvalue weighted by Crippen LogP contribution is 2.44. The van der Waals surface area contributed by atoms with Crippen LogP contribution in [0, 0.1) is 0 Å². The SMILES string of the molecule is O=C(NC(C(=O)O)c1ccc(O)cc1)NP(=O)(Oc1ccccc1)Oc1ccccc1. The number of carboxylic acid groups (broad SMARTS) is 1. The zero-order chi connectivity index (χ0) is 22.3. The maximum Gasteiger partial charge on any atom is 0.545 e. The van der Waals surface area contributed by atoms with Gasteiger partial charge in [-0.25, -0.2) is 19.2 Å². The normalized spacial score (nSPS) is 11.7. The third-order valence-corrected chi connectivity index (χ3v) is 5.30. The second kappa shape index (κ2) is 9.69. The molecule has 1 atom stereocenters. The number of benzene rings is 3. The zero-order valence-electron chi connectivity index (χ0n) is 16.0. The fourth-order valence-electron chi connectivity index (χ4n) is 2.55. The van der Waals surface area contributed by atoms with Crippen molar-refractivity contribution in [3.05, 3.63) is 90.5 Å². The van der Waals surface area contributed by atoms with E-state index in [4.69, 9.17) is 9.05 Å². The van der Waals surface area contributed by atoms with Gasteiger partial charge in [0.05, 0.1) is 0 Å². The minimum absolute atomic E-state index is 0.0608. The van der Waals surface area contributed by atoms with Crippen molar-refractivity contribution in [2.75, 3.05) is 0 Å². The molecule has 0 aliphatic rings. The number of phenols is 1. The lowest BCUT2D eigenvalue weighted by atomic mass is 10.1. The Bertz CT molecular complexity index is 1030. The first-order valence-electron chi connectivity index (χ1n) is 9.04. The van der Waals surface area contributed by atoms with Gasteiger partial charge in [0.25, 0.3) is 0 Å². The fraction of sp³-hybridized carbons (Fsp3) is 0.0476. The van der Waals surface area contributed by atoms with Crippen LogP contribution in [-0.2, 0) is 9.36 Å². The number of carboxylic acids is 1. The Hall–Kier alpha value is -3.97. The third kappa shape index (κ3) is 6.25. The molecule has 0 heterocycles. The van der Waals surface area contributed by atoms with Crippen LogP contribution < -0.4 is 19.5 Å². The molecule has 1 unspecified atom stereocenters. The standard InChI is InChI=1S/C21H19N2O7P/c24-16-13-11-15(12-14-16)19(20(25)26)22-21(27)23-31(28,29-17-7-3-1-4-8-17)30-18-9-5-2-6-10-18/h1-14,19,24H,(H,25,26)(H2,22,23,27,28). The quantitative estimate of drug-likeness (QED) is 0.386. The zero-order valence-corrected chi connectivity index (χ0v) is 16.9. The Labute approximate surface area is 177 Å². The van der Waals surface area contributed by atoms with Crippen LogP contribution in [0.15, 0.2) is 84.9 Å². The number of phenolic OH excluding ortho intramolecular Hbond substituents is 1. The van der Waals surface area contributed by atoms with E-state index in [0.717, 1.165) is 0 Å². The molecule has 3 aromatic carbocycles. The maximum absolute atomic E-state index is 13.3. The van der Waals surface area contributed by atoms with Gasteiger partial charge in [-0.3, -0.25) is 0 Å². The Morgan fingerprint density at radius 3 is 1.74 bits per heavy atom. The molecule has 10 heteroatoms.